The molecule has 0 saturated carbocycles. The lowest BCUT2D eigenvalue weighted by Gasteiger charge is -2.31. The van der Waals surface area contributed by atoms with Crippen LogP contribution in [0, 0.1) is 0 Å². The van der Waals surface area contributed by atoms with Gasteiger partial charge in [-0.1, -0.05) is 0 Å². The number of carbonyl (C=O) groups excluding carboxylic acids is 1. The molecule has 0 saturated heterocycles. The number of aromatic nitrogens is 3. The molecule has 0 amide bonds. The average molecular weight is 329 g/mol. The van der Waals surface area contributed by atoms with Crippen molar-refractivity contribution in [1.82, 2.24) is 14.8 Å². The van der Waals surface area contributed by atoms with Gasteiger partial charge in [-0.2, -0.15) is 5.10 Å². The topological polar surface area (TPSA) is 66.2 Å². The summed E-state index contributed by atoms with van der Waals surface area (Å²) in [6.07, 6.45) is 1.91. The van der Waals surface area contributed by atoms with Crippen molar-refractivity contribution in [2.75, 3.05) is 0 Å². The Morgan fingerprint density at radius 2 is 2.08 bits per heavy atom. The summed E-state index contributed by atoms with van der Waals surface area (Å²) in [5.41, 5.74) is -0.0424. The number of carbonyl (C=O) groups is 1. The molecule has 128 valence electrons. The predicted molar refractivity (Wildman–Crippen MR) is 89.4 cm³/mol. The van der Waals surface area contributed by atoms with E-state index in [0.717, 1.165) is 5.82 Å². The van der Waals surface area contributed by atoms with Crippen LogP contribution >= 0.6 is 0 Å². The van der Waals surface area contributed by atoms with Crippen LogP contribution in [0.2, 0.25) is 0 Å². The summed E-state index contributed by atoms with van der Waals surface area (Å²) < 4.78 is 13.6. The summed E-state index contributed by atoms with van der Waals surface area (Å²) in [7, 11) is 0. The molecule has 6 heteroatoms. The minimum absolute atomic E-state index is 0.0975. The van der Waals surface area contributed by atoms with Crippen LogP contribution in [-0.4, -0.2) is 26.1 Å². The molecule has 24 heavy (non-hydrogen) atoms. The van der Waals surface area contributed by atoms with E-state index in [-0.39, 0.29) is 11.3 Å². The van der Waals surface area contributed by atoms with Crippen LogP contribution in [0.4, 0.5) is 0 Å². The molecule has 0 atom stereocenters. The first-order chi connectivity index (χ1) is 11.2. The summed E-state index contributed by atoms with van der Waals surface area (Å²) in [5.74, 6) is 2.06. The van der Waals surface area contributed by atoms with Crippen molar-refractivity contribution in [2.45, 2.75) is 58.8 Å². The highest BCUT2D eigenvalue weighted by atomic mass is 16.5. The van der Waals surface area contributed by atoms with Gasteiger partial charge in [0.05, 0.1) is 17.5 Å². The SMILES string of the molecule is CC1(C)CC(=O)c2ccc(OCc3ncnn3C(C)(C)C)cc2O1. The van der Waals surface area contributed by atoms with Crippen LogP contribution in [0.25, 0.3) is 0 Å². The summed E-state index contributed by atoms with van der Waals surface area (Å²) in [6.45, 7) is 10.3. The van der Waals surface area contributed by atoms with Gasteiger partial charge in [0.15, 0.2) is 11.6 Å². The maximum atomic E-state index is 12.2. The first kappa shape index (κ1) is 16.5. The maximum Gasteiger partial charge on any atom is 0.170 e. The normalized spacial score (nSPS) is 16.5. The first-order valence-electron chi connectivity index (χ1n) is 8.04. The molecule has 0 radical (unpaired) electrons. The Bertz CT molecular complexity index is 772. The van der Waals surface area contributed by atoms with Crippen molar-refractivity contribution in [3.8, 4) is 11.5 Å². The van der Waals surface area contributed by atoms with Crippen molar-refractivity contribution >= 4 is 5.78 Å². The summed E-state index contributed by atoms with van der Waals surface area (Å²) in [5, 5.41) is 4.26. The second-order valence-corrected chi connectivity index (χ2v) is 7.67. The molecule has 0 N–H and O–H groups in total. The van der Waals surface area contributed by atoms with Gasteiger partial charge in [0.25, 0.3) is 0 Å². The molecule has 3 rings (SSSR count). The van der Waals surface area contributed by atoms with Crippen molar-refractivity contribution in [2.24, 2.45) is 0 Å². The van der Waals surface area contributed by atoms with Gasteiger partial charge in [0.1, 0.15) is 30.0 Å². The Morgan fingerprint density at radius 3 is 2.79 bits per heavy atom. The van der Waals surface area contributed by atoms with Crippen LogP contribution in [0.15, 0.2) is 24.5 Å². The largest absolute Gasteiger partial charge is 0.486 e. The van der Waals surface area contributed by atoms with Crippen molar-refractivity contribution < 1.29 is 14.3 Å². The van der Waals surface area contributed by atoms with E-state index in [1.165, 1.54) is 6.33 Å². The molecule has 0 aliphatic carbocycles. The Morgan fingerprint density at radius 1 is 1.33 bits per heavy atom. The zero-order valence-electron chi connectivity index (χ0n) is 14.8. The van der Waals surface area contributed by atoms with Crippen LogP contribution in [0.5, 0.6) is 11.5 Å². The second-order valence-electron chi connectivity index (χ2n) is 7.67. The molecule has 0 fully saturated rings. The lowest BCUT2D eigenvalue weighted by Crippen LogP contribution is -2.35. The number of fused-ring (bicyclic) bond motifs is 1. The van der Waals surface area contributed by atoms with E-state index in [1.807, 2.05) is 18.5 Å². The molecule has 1 aliphatic heterocycles. The molecule has 6 nitrogen and oxygen atoms in total. The van der Waals surface area contributed by atoms with Gasteiger partial charge < -0.3 is 9.47 Å². The van der Waals surface area contributed by atoms with Crippen LogP contribution < -0.4 is 9.47 Å². The molecule has 2 aromatic rings. The summed E-state index contributed by atoms with van der Waals surface area (Å²) >= 11 is 0. The molecular formula is C18H23N3O3. The summed E-state index contributed by atoms with van der Waals surface area (Å²) in [6, 6.07) is 5.32. The molecule has 1 aliphatic rings. The number of hydrogen-bond donors (Lipinski definition) is 0. The monoisotopic (exact) mass is 329 g/mol. The zero-order valence-corrected chi connectivity index (χ0v) is 14.8. The molecule has 1 aromatic carbocycles. The van der Waals surface area contributed by atoms with Gasteiger partial charge in [0, 0.05) is 6.07 Å². The van der Waals surface area contributed by atoms with Gasteiger partial charge in [0.2, 0.25) is 0 Å². The highest BCUT2D eigenvalue weighted by Gasteiger charge is 2.32. The standard InChI is InChI=1S/C18H23N3O3/c1-17(2,3)21-16(19-11-20-21)10-23-12-6-7-13-14(22)9-18(4,5)24-15(13)8-12/h6-8,11H,9-10H2,1-5H3. The van der Waals surface area contributed by atoms with Crippen LogP contribution in [0.1, 0.15) is 57.2 Å². The molecule has 2 heterocycles. The number of Topliss-reactive ketones (excluding diaryl/α,β-unsaturated/α-hetero) is 1. The Hall–Kier alpha value is -2.37. The highest BCUT2D eigenvalue weighted by molar-refractivity contribution is 6.00. The minimum atomic E-state index is -0.491. The molecule has 0 bridgehead atoms. The molecular weight excluding hydrogens is 306 g/mol. The van der Waals surface area contributed by atoms with Gasteiger partial charge in [-0.3, -0.25) is 4.79 Å². The fraction of sp³-hybridized carbons (Fsp3) is 0.500. The minimum Gasteiger partial charge on any atom is -0.486 e. The highest BCUT2D eigenvalue weighted by Crippen LogP contribution is 2.35. The van der Waals surface area contributed by atoms with E-state index >= 15 is 0 Å². The molecule has 1 aromatic heterocycles. The predicted octanol–water partition coefficient (Wildman–Crippen LogP) is 3.36. The van der Waals surface area contributed by atoms with Gasteiger partial charge in [-0.25, -0.2) is 9.67 Å². The lowest BCUT2D eigenvalue weighted by atomic mass is 9.93. The quantitative estimate of drug-likeness (QED) is 0.864. The van der Waals surface area contributed by atoms with Crippen LogP contribution in [-0.2, 0) is 12.1 Å². The first-order valence-corrected chi connectivity index (χ1v) is 8.04. The Labute approximate surface area is 141 Å². The third-order valence-corrected chi connectivity index (χ3v) is 3.85. The number of hydrogen-bond acceptors (Lipinski definition) is 5. The Kier molecular flexibility index (Phi) is 3.86. The number of ether oxygens (including phenoxy) is 2. The maximum absolute atomic E-state index is 12.2. The van der Waals surface area contributed by atoms with Crippen molar-refractivity contribution in [3.63, 3.8) is 0 Å². The van der Waals surface area contributed by atoms with E-state index in [4.69, 9.17) is 9.47 Å². The van der Waals surface area contributed by atoms with E-state index in [9.17, 15) is 4.79 Å². The van der Waals surface area contributed by atoms with Crippen molar-refractivity contribution in [1.29, 1.82) is 0 Å². The fourth-order valence-electron chi connectivity index (χ4n) is 2.79. The van der Waals surface area contributed by atoms with E-state index in [0.29, 0.717) is 30.1 Å². The fourth-order valence-corrected chi connectivity index (χ4v) is 2.79. The van der Waals surface area contributed by atoms with Crippen LogP contribution in [0.3, 0.4) is 0 Å². The smallest absolute Gasteiger partial charge is 0.170 e. The van der Waals surface area contributed by atoms with Gasteiger partial charge in [-0.15, -0.1) is 0 Å². The van der Waals surface area contributed by atoms with Gasteiger partial charge >= 0.3 is 0 Å². The average Bonchev–Trinajstić information content (AvgIpc) is 2.92. The second kappa shape index (κ2) is 5.61. The van der Waals surface area contributed by atoms with E-state index in [2.05, 4.69) is 30.9 Å². The molecule has 0 unspecified atom stereocenters. The third kappa shape index (κ3) is 3.27. The van der Waals surface area contributed by atoms with Gasteiger partial charge in [-0.05, 0) is 46.8 Å². The number of nitrogens with zero attached hydrogens (tertiary/aromatic N) is 3. The van der Waals surface area contributed by atoms with Crippen molar-refractivity contribution in [3.05, 3.63) is 35.9 Å². The number of rotatable bonds is 3. The van der Waals surface area contributed by atoms with E-state index < -0.39 is 5.60 Å². The summed E-state index contributed by atoms with van der Waals surface area (Å²) in [4.78, 5) is 16.4. The number of ketones is 1. The third-order valence-electron chi connectivity index (χ3n) is 3.85. The lowest BCUT2D eigenvalue weighted by molar-refractivity contribution is 0.0618. The number of benzene rings is 1. The Balaban J connectivity index is 1.78. The van der Waals surface area contributed by atoms with E-state index in [1.54, 1.807) is 18.2 Å². The molecule has 0 spiro atoms. The zero-order chi connectivity index (χ0) is 17.5.